The van der Waals surface area contributed by atoms with Gasteiger partial charge in [-0.3, -0.25) is 14.6 Å². The number of aromatic amines is 1. The number of hydrogen-bond acceptors (Lipinski definition) is 3. The zero-order chi connectivity index (χ0) is 11.5. The molecule has 6 heteroatoms. The number of rotatable bonds is 3. The second-order valence-corrected chi connectivity index (χ2v) is 3.62. The van der Waals surface area contributed by atoms with Gasteiger partial charge in [-0.2, -0.15) is 10.2 Å². The van der Waals surface area contributed by atoms with Crippen LogP contribution in [0.3, 0.4) is 0 Å². The summed E-state index contributed by atoms with van der Waals surface area (Å²) >= 11 is 0. The van der Waals surface area contributed by atoms with Crippen LogP contribution in [0.4, 0.5) is 5.69 Å². The molecule has 1 amide bonds. The Balaban J connectivity index is 2.00. The first-order valence-corrected chi connectivity index (χ1v) is 4.95. The van der Waals surface area contributed by atoms with Crippen molar-refractivity contribution in [1.29, 1.82) is 0 Å². The van der Waals surface area contributed by atoms with Crippen LogP contribution >= 0.6 is 0 Å². The van der Waals surface area contributed by atoms with E-state index in [-0.39, 0.29) is 12.5 Å². The van der Waals surface area contributed by atoms with Crippen LogP contribution in [-0.2, 0) is 11.3 Å². The lowest BCUT2D eigenvalue weighted by Crippen LogP contribution is -2.20. The molecule has 6 nitrogen and oxygen atoms in total. The van der Waals surface area contributed by atoms with E-state index in [9.17, 15) is 4.79 Å². The molecule has 0 fully saturated rings. The van der Waals surface area contributed by atoms with Crippen LogP contribution in [-0.4, -0.2) is 25.9 Å². The molecular formula is C10H13N5O. The third-order valence-corrected chi connectivity index (χ3v) is 2.18. The lowest BCUT2D eigenvalue weighted by atomic mass is 10.4. The lowest BCUT2D eigenvalue weighted by molar-refractivity contribution is -0.116. The Hall–Kier alpha value is -2.11. The summed E-state index contributed by atoms with van der Waals surface area (Å²) in [5.74, 6) is -0.118. The summed E-state index contributed by atoms with van der Waals surface area (Å²) < 4.78 is 1.67. The summed E-state index contributed by atoms with van der Waals surface area (Å²) in [5, 5.41) is 13.3. The molecule has 0 radical (unpaired) electrons. The Morgan fingerprint density at radius 2 is 2.38 bits per heavy atom. The summed E-state index contributed by atoms with van der Waals surface area (Å²) in [5.41, 5.74) is 2.54. The molecule has 2 heterocycles. The Morgan fingerprint density at radius 3 is 2.94 bits per heavy atom. The number of H-pyrrole nitrogens is 1. The fourth-order valence-corrected chi connectivity index (χ4v) is 1.49. The first-order valence-electron chi connectivity index (χ1n) is 4.95. The topological polar surface area (TPSA) is 75.6 Å². The number of amides is 1. The second kappa shape index (κ2) is 4.18. The van der Waals surface area contributed by atoms with Gasteiger partial charge < -0.3 is 5.32 Å². The highest BCUT2D eigenvalue weighted by atomic mass is 16.2. The van der Waals surface area contributed by atoms with Crippen LogP contribution in [0, 0.1) is 13.8 Å². The van der Waals surface area contributed by atoms with E-state index in [0.29, 0.717) is 5.69 Å². The minimum absolute atomic E-state index is 0.118. The fourth-order valence-electron chi connectivity index (χ4n) is 1.49. The van der Waals surface area contributed by atoms with Gasteiger partial charge in [0, 0.05) is 11.9 Å². The van der Waals surface area contributed by atoms with Crippen molar-refractivity contribution < 1.29 is 4.79 Å². The van der Waals surface area contributed by atoms with Gasteiger partial charge in [-0.25, -0.2) is 0 Å². The monoisotopic (exact) mass is 219 g/mol. The molecule has 84 valence electrons. The molecule has 0 saturated heterocycles. The van der Waals surface area contributed by atoms with Crippen molar-refractivity contribution in [3.63, 3.8) is 0 Å². The summed E-state index contributed by atoms with van der Waals surface area (Å²) in [6.07, 6.45) is 3.18. The van der Waals surface area contributed by atoms with E-state index in [4.69, 9.17) is 0 Å². The van der Waals surface area contributed by atoms with Gasteiger partial charge in [-0.15, -0.1) is 0 Å². The molecule has 0 unspecified atom stereocenters. The van der Waals surface area contributed by atoms with Gasteiger partial charge in [0.2, 0.25) is 5.91 Å². The number of carbonyl (C=O) groups excluding carboxylic acids is 1. The molecule has 2 aromatic rings. The van der Waals surface area contributed by atoms with Crippen molar-refractivity contribution in [3.8, 4) is 0 Å². The molecule has 2 rings (SSSR count). The summed E-state index contributed by atoms with van der Waals surface area (Å²) in [7, 11) is 0. The van der Waals surface area contributed by atoms with Crippen molar-refractivity contribution in [1.82, 2.24) is 20.0 Å². The third kappa shape index (κ3) is 2.28. The van der Waals surface area contributed by atoms with Crippen LogP contribution in [0.15, 0.2) is 18.5 Å². The maximum atomic E-state index is 11.6. The smallest absolute Gasteiger partial charge is 0.246 e. The lowest BCUT2D eigenvalue weighted by Gasteiger charge is -2.04. The van der Waals surface area contributed by atoms with Gasteiger partial charge in [0.1, 0.15) is 6.54 Å². The predicted molar refractivity (Wildman–Crippen MR) is 58.9 cm³/mol. The maximum absolute atomic E-state index is 11.6. The molecule has 0 spiro atoms. The maximum Gasteiger partial charge on any atom is 0.246 e. The average molecular weight is 219 g/mol. The van der Waals surface area contributed by atoms with Gasteiger partial charge in [0.25, 0.3) is 0 Å². The highest BCUT2D eigenvalue weighted by Crippen LogP contribution is 2.04. The minimum atomic E-state index is -0.118. The first-order chi connectivity index (χ1) is 7.65. The van der Waals surface area contributed by atoms with Crippen molar-refractivity contribution in [2.24, 2.45) is 0 Å². The molecule has 2 N–H and O–H groups in total. The Morgan fingerprint density at radius 1 is 1.56 bits per heavy atom. The average Bonchev–Trinajstić information content (AvgIpc) is 2.78. The van der Waals surface area contributed by atoms with Crippen LogP contribution in [0.2, 0.25) is 0 Å². The van der Waals surface area contributed by atoms with Gasteiger partial charge in [0.15, 0.2) is 0 Å². The van der Waals surface area contributed by atoms with Crippen molar-refractivity contribution in [2.45, 2.75) is 20.4 Å². The zero-order valence-electron chi connectivity index (χ0n) is 9.19. The minimum Gasteiger partial charge on any atom is -0.322 e. The molecule has 16 heavy (non-hydrogen) atoms. The SMILES string of the molecule is Cc1cc(C)n(CC(=O)Nc2cn[nH]c2)n1. The van der Waals surface area contributed by atoms with E-state index in [1.165, 1.54) is 0 Å². The zero-order valence-corrected chi connectivity index (χ0v) is 9.19. The van der Waals surface area contributed by atoms with Crippen LogP contribution in [0.1, 0.15) is 11.4 Å². The standard InChI is InChI=1S/C10H13N5O/c1-7-3-8(2)15(14-7)6-10(16)13-9-4-11-12-5-9/h3-5H,6H2,1-2H3,(H,11,12)(H,13,16). The molecule has 0 aliphatic carbocycles. The number of hydrogen-bond donors (Lipinski definition) is 2. The number of carbonyl (C=O) groups is 1. The molecule has 0 atom stereocenters. The molecule has 0 aromatic carbocycles. The van der Waals surface area contributed by atoms with E-state index in [2.05, 4.69) is 20.6 Å². The number of aryl methyl sites for hydroxylation is 2. The summed E-state index contributed by atoms with van der Waals surface area (Å²) in [4.78, 5) is 11.6. The quantitative estimate of drug-likeness (QED) is 0.804. The van der Waals surface area contributed by atoms with E-state index in [0.717, 1.165) is 11.4 Å². The van der Waals surface area contributed by atoms with Gasteiger partial charge >= 0.3 is 0 Å². The second-order valence-electron chi connectivity index (χ2n) is 3.62. The molecule has 0 bridgehead atoms. The molecule has 0 aliphatic rings. The predicted octanol–water partition coefficient (Wildman–Crippen LogP) is 0.862. The van der Waals surface area contributed by atoms with E-state index >= 15 is 0 Å². The normalized spacial score (nSPS) is 10.4. The van der Waals surface area contributed by atoms with Crippen LogP contribution in [0.25, 0.3) is 0 Å². The van der Waals surface area contributed by atoms with E-state index in [1.54, 1.807) is 17.1 Å². The highest BCUT2D eigenvalue weighted by molar-refractivity contribution is 5.90. The van der Waals surface area contributed by atoms with Crippen molar-refractivity contribution >= 4 is 11.6 Å². The number of nitrogens with zero attached hydrogens (tertiary/aromatic N) is 3. The molecular weight excluding hydrogens is 206 g/mol. The Bertz CT molecular complexity index is 485. The summed E-state index contributed by atoms with van der Waals surface area (Å²) in [6.45, 7) is 4.04. The van der Waals surface area contributed by atoms with Crippen LogP contribution < -0.4 is 5.32 Å². The Labute approximate surface area is 92.7 Å². The van der Waals surface area contributed by atoms with Crippen molar-refractivity contribution in [3.05, 3.63) is 29.8 Å². The van der Waals surface area contributed by atoms with E-state index < -0.39 is 0 Å². The fraction of sp³-hybridized carbons (Fsp3) is 0.300. The van der Waals surface area contributed by atoms with Gasteiger partial charge in [-0.1, -0.05) is 0 Å². The number of anilines is 1. The number of nitrogens with one attached hydrogen (secondary N) is 2. The highest BCUT2D eigenvalue weighted by Gasteiger charge is 2.07. The third-order valence-electron chi connectivity index (χ3n) is 2.18. The van der Waals surface area contributed by atoms with Crippen molar-refractivity contribution in [2.75, 3.05) is 5.32 Å². The van der Waals surface area contributed by atoms with Crippen LogP contribution in [0.5, 0.6) is 0 Å². The largest absolute Gasteiger partial charge is 0.322 e. The number of aromatic nitrogens is 4. The molecule has 0 aliphatic heterocycles. The Kier molecular flexibility index (Phi) is 2.72. The summed E-state index contributed by atoms with van der Waals surface area (Å²) in [6, 6.07) is 1.94. The first kappa shape index (κ1) is 10.4. The molecule has 2 aromatic heterocycles. The molecule has 0 saturated carbocycles. The van der Waals surface area contributed by atoms with Gasteiger partial charge in [-0.05, 0) is 19.9 Å². The van der Waals surface area contributed by atoms with E-state index in [1.807, 2.05) is 19.9 Å². The van der Waals surface area contributed by atoms with Gasteiger partial charge in [0.05, 0.1) is 17.6 Å².